The van der Waals surface area contributed by atoms with Crippen molar-refractivity contribution in [1.82, 2.24) is 4.90 Å². The number of likely N-dealkylation sites (tertiary alicyclic amines) is 1. The van der Waals surface area contributed by atoms with Gasteiger partial charge in [0.05, 0.1) is 12.7 Å². The third-order valence-corrected chi connectivity index (χ3v) is 10.3. The highest BCUT2D eigenvalue weighted by Crippen LogP contribution is 2.77. The molecule has 0 amide bonds. The van der Waals surface area contributed by atoms with E-state index in [2.05, 4.69) is 31.0 Å². The summed E-state index contributed by atoms with van der Waals surface area (Å²) in [4.78, 5) is 2.60. The van der Waals surface area contributed by atoms with Gasteiger partial charge in [0.15, 0.2) is 11.5 Å². The summed E-state index contributed by atoms with van der Waals surface area (Å²) < 4.78 is 19.3. The summed E-state index contributed by atoms with van der Waals surface area (Å²) in [5.41, 5.74) is 1.66. The Labute approximate surface area is 186 Å². The molecule has 2 aliphatic heterocycles. The van der Waals surface area contributed by atoms with Crippen molar-refractivity contribution in [2.75, 3.05) is 27.8 Å². The van der Waals surface area contributed by atoms with Crippen LogP contribution >= 0.6 is 0 Å². The fourth-order valence-electron chi connectivity index (χ4n) is 9.24. The van der Waals surface area contributed by atoms with Crippen LogP contribution in [0.2, 0.25) is 0 Å². The van der Waals surface area contributed by atoms with Crippen LogP contribution in [-0.4, -0.2) is 61.2 Å². The molecule has 1 N–H and O–H groups in total. The van der Waals surface area contributed by atoms with E-state index in [-0.39, 0.29) is 22.9 Å². The van der Waals surface area contributed by atoms with Gasteiger partial charge in [-0.2, -0.15) is 0 Å². The number of rotatable bonds is 5. The van der Waals surface area contributed by atoms with Crippen LogP contribution in [0, 0.1) is 11.3 Å². The number of piperidine rings is 1. The second-order valence-corrected chi connectivity index (χ2v) is 11.2. The van der Waals surface area contributed by atoms with Crippen molar-refractivity contribution in [2.24, 2.45) is 11.3 Å². The highest BCUT2D eigenvalue weighted by molar-refractivity contribution is 5.63. The maximum Gasteiger partial charge on any atom is 0.165 e. The van der Waals surface area contributed by atoms with Crippen molar-refractivity contribution in [1.29, 1.82) is 0 Å². The Kier molecular flexibility index (Phi) is 4.05. The van der Waals surface area contributed by atoms with E-state index in [1.54, 1.807) is 7.11 Å². The molecule has 2 unspecified atom stereocenters. The van der Waals surface area contributed by atoms with Crippen molar-refractivity contribution in [3.05, 3.63) is 23.3 Å². The van der Waals surface area contributed by atoms with Crippen LogP contribution in [0.25, 0.3) is 0 Å². The molecule has 2 spiro atoms. The average molecular weight is 428 g/mol. The normalized spacial score (nSPS) is 43.9. The topological polar surface area (TPSA) is 51.2 Å². The summed E-state index contributed by atoms with van der Waals surface area (Å²) in [6, 6.07) is 4.84. The monoisotopic (exact) mass is 427 g/mol. The highest BCUT2D eigenvalue weighted by atomic mass is 16.6. The number of hydrogen-bond donors (Lipinski definition) is 1. The van der Waals surface area contributed by atoms with Crippen molar-refractivity contribution in [3.63, 3.8) is 0 Å². The summed E-state index contributed by atoms with van der Waals surface area (Å²) in [6.07, 6.45) is 6.95. The zero-order valence-electron chi connectivity index (χ0n) is 19.7. The molecule has 1 aromatic rings. The van der Waals surface area contributed by atoms with Gasteiger partial charge in [0.1, 0.15) is 11.7 Å². The zero-order chi connectivity index (χ0) is 21.8. The summed E-state index contributed by atoms with van der Waals surface area (Å²) in [5.74, 6) is 1.86. The number of benzene rings is 1. The molecule has 0 aromatic heterocycles. The summed E-state index contributed by atoms with van der Waals surface area (Å²) in [6.45, 7) is 5.29. The van der Waals surface area contributed by atoms with Gasteiger partial charge in [-0.15, -0.1) is 0 Å². The Morgan fingerprint density at radius 1 is 1.26 bits per heavy atom. The van der Waals surface area contributed by atoms with E-state index in [4.69, 9.17) is 14.2 Å². The first-order valence-corrected chi connectivity index (χ1v) is 12.2. The smallest absolute Gasteiger partial charge is 0.165 e. The van der Waals surface area contributed by atoms with E-state index < -0.39 is 11.2 Å². The maximum absolute atomic E-state index is 11.8. The molecular formula is C26H37NO4. The van der Waals surface area contributed by atoms with Gasteiger partial charge in [0.2, 0.25) is 0 Å². The molecule has 1 aromatic carbocycles. The van der Waals surface area contributed by atoms with E-state index in [0.29, 0.717) is 6.04 Å². The Morgan fingerprint density at radius 3 is 2.77 bits per heavy atom. The lowest BCUT2D eigenvalue weighted by molar-refractivity contribution is -0.301. The summed E-state index contributed by atoms with van der Waals surface area (Å²) in [5, 5.41) is 11.8. The molecular weight excluding hydrogens is 390 g/mol. The molecule has 4 fully saturated rings. The average Bonchev–Trinajstić information content (AvgIpc) is 3.13. The van der Waals surface area contributed by atoms with E-state index in [9.17, 15) is 5.11 Å². The van der Waals surface area contributed by atoms with Crippen molar-refractivity contribution in [3.8, 4) is 11.5 Å². The Balaban J connectivity index is 1.64. The third-order valence-electron chi connectivity index (χ3n) is 10.3. The zero-order valence-corrected chi connectivity index (χ0v) is 19.7. The lowest BCUT2D eigenvalue weighted by atomic mass is 9.33. The molecule has 5 nitrogen and oxygen atoms in total. The lowest BCUT2D eigenvalue weighted by Gasteiger charge is -2.74. The van der Waals surface area contributed by atoms with Crippen LogP contribution in [0.1, 0.15) is 63.5 Å². The van der Waals surface area contributed by atoms with Crippen LogP contribution in [0.5, 0.6) is 11.5 Å². The van der Waals surface area contributed by atoms with Gasteiger partial charge < -0.3 is 24.2 Å². The largest absolute Gasteiger partial charge is 0.493 e. The number of ether oxygens (including phenoxy) is 3. The van der Waals surface area contributed by atoms with Gasteiger partial charge in [-0.05, 0) is 70.7 Å². The molecule has 6 aliphatic rings. The van der Waals surface area contributed by atoms with E-state index in [1.807, 2.05) is 14.0 Å². The number of aliphatic hydroxyl groups is 1. The van der Waals surface area contributed by atoms with Crippen LogP contribution < -0.4 is 9.47 Å². The second kappa shape index (κ2) is 6.18. The second-order valence-electron chi connectivity index (χ2n) is 11.2. The Morgan fingerprint density at radius 2 is 2.06 bits per heavy atom. The van der Waals surface area contributed by atoms with Crippen molar-refractivity contribution >= 4 is 0 Å². The molecule has 4 aliphatic carbocycles. The van der Waals surface area contributed by atoms with E-state index in [1.165, 1.54) is 11.1 Å². The Hall–Kier alpha value is -1.30. The summed E-state index contributed by atoms with van der Waals surface area (Å²) >= 11 is 0. The van der Waals surface area contributed by atoms with Crippen LogP contribution in [0.3, 0.4) is 0 Å². The SMILES string of the molecule is CCCC(C)(O)C1C[C@@]23CC[C@@]1(OC)[C@@H]1Oc4c(OC)ccc5c4[C@@]12CCN(C)[C@@H]3C5. The molecule has 2 heterocycles. The molecule has 0 radical (unpaired) electrons. The molecule has 1 saturated heterocycles. The maximum atomic E-state index is 11.8. The number of nitrogens with zero attached hydrogens (tertiary/aromatic N) is 1. The van der Waals surface area contributed by atoms with E-state index >= 15 is 0 Å². The standard InChI is InChI=1S/C26H37NO4/c1-6-9-23(2,28)18-15-24-10-11-26(18,30-5)22-25(24)12-13-27(3)19(24)14-16-7-8-17(29-4)21(31-22)20(16)25/h7-8,18-19,22,28H,6,9-15H2,1-5H3/t18?,19-,22-,23?,24-,25+,26+/m1/s1. The minimum Gasteiger partial charge on any atom is -0.493 e. The Bertz CT molecular complexity index is 930. The first kappa shape index (κ1) is 20.3. The van der Waals surface area contributed by atoms with Crippen LogP contribution in [0.4, 0.5) is 0 Å². The molecule has 7 atom stereocenters. The molecule has 170 valence electrons. The number of methoxy groups -OCH3 is 2. The van der Waals surface area contributed by atoms with Crippen LogP contribution in [-0.2, 0) is 16.6 Å². The van der Waals surface area contributed by atoms with Gasteiger partial charge in [-0.25, -0.2) is 0 Å². The first-order valence-electron chi connectivity index (χ1n) is 12.2. The fourth-order valence-corrected chi connectivity index (χ4v) is 9.24. The van der Waals surface area contributed by atoms with Gasteiger partial charge >= 0.3 is 0 Å². The first-order chi connectivity index (χ1) is 14.8. The lowest BCUT2D eigenvalue weighted by Crippen LogP contribution is -2.82. The van der Waals surface area contributed by atoms with Crippen LogP contribution in [0.15, 0.2) is 12.1 Å². The van der Waals surface area contributed by atoms with Gasteiger partial charge in [0.25, 0.3) is 0 Å². The molecule has 3 saturated carbocycles. The predicted octanol–water partition coefficient (Wildman–Crippen LogP) is 3.69. The predicted molar refractivity (Wildman–Crippen MR) is 119 cm³/mol. The third kappa shape index (κ3) is 2.06. The van der Waals surface area contributed by atoms with Gasteiger partial charge in [-0.1, -0.05) is 19.4 Å². The number of hydrogen-bond acceptors (Lipinski definition) is 5. The minimum atomic E-state index is -0.769. The van der Waals surface area contributed by atoms with E-state index in [0.717, 1.165) is 63.0 Å². The minimum absolute atomic E-state index is 0.0469. The molecule has 4 bridgehead atoms. The number of likely N-dealkylation sites (N-methyl/N-ethyl adjacent to an activating group) is 1. The van der Waals surface area contributed by atoms with Crippen molar-refractivity contribution in [2.45, 2.75) is 87.6 Å². The van der Waals surface area contributed by atoms with Gasteiger partial charge in [0, 0.05) is 35.5 Å². The number of fused-ring (bicyclic) bond motifs is 2. The van der Waals surface area contributed by atoms with Gasteiger partial charge in [-0.3, -0.25) is 0 Å². The summed E-state index contributed by atoms with van der Waals surface area (Å²) in [7, 11) is 5.90. The quantitative estimate of drug-likeness (QED) is 0.777. The molecule has 7 rings (SSSR count). The molecule has 5 heteroatoms. The fraction of sp³-hybridized carbons (Fsp3) is 0.769. The highest BCUT2D eigenvalue weighted by Gasteiger charge is 2.81. The molecule has 31 heavy (non-hydrogen) atoms. The van der Waals surface area contributed by atoms with Crippen molar-refractivity contribution < 1.29 is 19.3 Å².